The number of amides is 2. The van der Waals surface area contributed by atoms with Crippen molar-refractivity contribution in [2.24, 2.45) is 5.73 Å². The van der Waals surface area contributed by atoms with Gasteiger partial charge in [0.1, 0.15) is 0 Å². The number of nitrogens with two attached hydrogens (primary N) is 1. The normalized spacial score (nSPS) is 19.6. The first-order valence-electron chi connectivity index (χ1n) is 11.8. The van der Waals surface area contributed by atoms with Crippen LogP contribution in [0.4, 0.5) is 0 Å². The largest absolute Gasteiger partial charge is 0.391 e. The molecule has 9 nitrogen and oxygen atoms in total. The number of rotatable bonds is 7. The van der Waals surface area contributed by atoms with Crippen LogP contribution in [0.3, 0.4) is 0 Å². The number of carbonyl (C=O) groups is 2. The Morgan fingerprint density at radius 3 is 2.47 bits per heavy atom. The van der Waals surface area contributed by atoms with Gasteiger partial charge in [-0.3, -0.25) is 9.59 Å². The van der Waals surface area contributed by atoms with Gasteiger partial charge in [0.25, 0.3) is 5.91 Å². The summed E-state index contributed by atoms with van der Waals surface area (Å²) >= 11 is 0. The lowest BCUT2D eigenvalue weighted by molar-refractivity contribution is 0.0920. The summed E-state index contributed by atoms with van der Waals surface area (Å²) in [6.45, 7) is 1.37. The van der Waals surface area contributed by atoms with Gasteiger partial charge in [0.15, 0.2) is 0 Å². The van der Waals surface area contributed by atoms with E-state index in [2.05, 4.69) is 22.8 Å². The molecule has 2 heterocycles. The summed E-state index contributed by atoms with van der Waals surface area (Å²) in [5.41, 5.74) is 9.11. The van der Waals surface area contributed by atoms with Crippen LogP contribution >= 0.6 is 12.4 Å². The predicted molar refractivity (Wildman–Crippen MR) is 140 cm³/mol. The standard InChI is InChI=1S/C25H32N4O5S.ClH/c1-35(33,34)29-10-8-20(9-11-29)28-25(32)17-6-7-21(24(26)31)19(12-17)14-23(30)22-13-16-4-2-3-5-18(16)15-27-22;/h2-7,12,20,22-23,27,30H,8-11,13-15H2,1H3,(H2,26,31)(H,28,32);1H/t22-,23+;/m0./s1. The molecule has 2 atom stereocenters. The lowest BCUT2D eigenvalue weighted by atomic mass is 9.89. The molecule has 0 aromatic heterocycles. The van der Waals surface area contributed by atoms with E-state index >= 15 is 0 Å². The number of piperidine rings is 1. The van der Waals surface area contributed by atoms with Gasteiger partial charge < -0.3 is 21.5 Å². The maximum Gasteiger partial charge on any atom is 0.251 e. The summed E-state index contributed by atoms with van der Waals surface area (Å²) in [7, 11) is -3.24. The zero-order valence-electron chi connectivity index (χ0n) is 20.1. The van der Waals surface area contributed by atoms with Gasteiger partial charge in [-0.1, -0.05) is 24.3 Å². The Labute approximate surface area is 217 Å². The number of nitrogens with one attached hydrogen (secondary N) is 2. The maximum atomic E-state index is 12.9. The molecular formula is C25H33ClN4O5S. The van der Waals surface area contributed by atoms with Crippen molar-refractivity contribution in [2.75, 3.05) is 19.3 Å². The number of hydrogen-bond donors (Lipinski definition) is 4. The molecule has 1 fully saturated rings. The van der Waals surface area contributed by atoms with Crippen molar-refractivity contribution in [3.05, 3.63) is 70.3 Å². The average molecular weight is 537 g/mol. The molecule has 0 bridgehead atoms. The first-order valence-corrected chi connectivity index (χ1v) is 13.6. The number of benzene rings is 2. The number of fused-ring (bicyclic) bond motifs is 1. The first-order chi connectivity index (χ1) is 16.6. The molecule has 2 amide bonds. The smallest absolute Gasteiger partial charge is 0.251 e. The molecule has 11 heteroatoms. The number of nitrogens with zero attached hydrogens (tertiary/aromatic N) is 1. The van der Waals surface area contributed by atoms with E-state index < -0.39 is 22.0 Å². The lowest BCUT2D eigenvalue weighted by Gasteiger charge is -2.31. The van der Waals surface area contributed by atoms with E-state index in [4.69, 9.17) is 5.73 Å². The van der Waals surface area contributed by atoms with Crippen molar-refractivity contribution >= 4 is 34.2 Å². The highest BCUT2D eigenvalue weighted by Crippen LogP contribution is 2.22. The number of primary amides is 1. The van der Waals surface area contributed by atoms with Gasteiger partial charge in [-0.15, -0.1) is 12.4 Å². The summed E-state index contributed by atoms with van der Waals surface area (Å²) in [5.74, 6) is -0.923. The van der Waals surface area contributed by atoms with Crippen molar-refractivity contribution in [3.8, 4) is 0 Å². The number of aliphatic hydroxyl groups is 1. The number of aliphatic hydroxyl groups excluding tert-OH is 1. The molecular weight excluding hydrogens is 504 g/mol. The zero-order chi connectivity index (χ0) is 25.2. The van der Waals surface area contributed by atoms with E-state index in [1.54, 1.807) is 12.1 Å². The van der Waals surface area contributed by atoms with Crippen molar-refractivity contribution in [2.45, 2.75) is 50.4 Å². The molecule has 0 saturated carbocycles. The third kappa shape index (κ3) is 6.63. The number of sulfonamides is 1. The second-order valence-electron chi connectivity index (χ2n) is 9.38. The van der Waals surface area contributed by atoms with Crippen LogP contribution in [0.5, 0.6) is 0 Å². The third-order valence-electron chi connectivity index (χ3n) is 6.90. The van der Waals surface area contributed by atoms with Crippen molar-refractivity contribution in [1.29, 1.82) is 0 Å². The highest BCUT2D eigenvalue weighted by atomic mass is 35.5. The van der Waals surface area contributed by atoms with Gasteiger partial charge in [0, 0.05) is 49.3 Å². The van der Waals surface area contributed by atoms with Gasteiger partial charge in [0.2, 0.25) is 15.9 Å². The summed E-state index contributed by atoms with van der Waals surface area (Å²) < 4.78 is 24.8. The molecule has 0 aliphatic carbocycles. The summed E-state index contributed by atoms with van der Waals surface area (Å²) in [6, 6.07) is 12.4. The molecule has 0 spiro atoms. The Kier molecular flexibility index (Phi) is 9.13. The molecule has 2 aromatic rings. The van der Waals surface area contributed by atoms with Gasteiger partial charge in [0.05, 0.1) is 12.4 Å². The Hall–Kier alpha value is -2.50. The molecule has 4 rings (SSSR count). The summed E-state index contributed by atoms with van der Waals surface area (Å²) in [6.07, 6.45) is 2.29. The van der Waals surface area contributed by atoms with Gasteiger partial charge in [-0.25, -0.2) is 12.7 Å². The molecule has 2 aliphatic rings. The van der Waals surface area contributed by atoms with Crippen molar-refractivity contribution < 1.29 is 23.1 Å². The van der Waals surface area contributed by atoms with Gasteiger partial charge >= 0.3 is 0 Å². The molecule has 2 aromatic carbocycles. The van der Waals surface area contributed by atoms with Crippen LogP contribution in [0.15, 0.2) is 42.5 Å². The Balaban J connectivity index is 0.00000361. The van der Waals surface area contributed by atoms with Crippen LogP contribution in [0.2, 0.25) is 0 Å². The minimum atomic E-state index is -3.24. The molecule has 196 valence electrons. The monoisotopic (exact) mass is 536 g/mol. The molecule has 5 N–H and O–H groups in total. The average Bonchev–Trinajstić information content (AvgIpc) is 2.83. The van der Waals surface area contributed by atoms with Crippen LogP contribution in [0.25, 0.3) is 0 Å². The number of hydrogen-bond acceptors (Lipinski definition) is 6. The van der Waals surface area contributed by atoms with E-state index in [-0.39, 0.29) is 42.4 Å². The SMILES string of the molecule is CS(=O)(=O)N1CCC(NC(=O)c2ccc(C(N)=O)c(C[C@@H](O)[C@@H]3Cc4ccccc4CN3)c2)CC1.Cl. The molecule has 0 radical (unpaired) electrons. The summed E-state index contributed by atoms with van der Waals surface area (Å²) in [4.78, 5) is 24.9. The second-order valence-corrected chi connectivity index (χ2v) is 11.4. The topological polar surface area (TPSA) is 142 Å². The van der Waals surface area contributed by atoms with Crippen LogP contribution in [0, 0.1) is 0 Å². The van der Waals surface area contributed by atoms with E-state index in [0.717, 1.165) is 0 Å². The second kappa shape index (κ2) is 11.7. The van der Waals surface area contributed by atoms with E-state index in [1.807, 2.05) is 12.1 Å². The fourth-order valence-corrected chi connectivity index (χ4v) is 5.74. The number of halogens is 1. The minimum Gasteiger partial charge on any atom is -0.391 e. The molecule has 36 heavy (non-hydrogen) atoms. The van der Waals surface area contributed by atoms with E-state index in [0.29, 0.717) is 50.0 Å². The third-order valence-corrected chi connectivity index (χ3v) is 8.20. The predicted octanol–water partition coefficient (Wildman–Crippen LogP) is 0.979. The quantitative estimate of drug-likeness (QED) is 0.415. The van der Waals surface area contributed by atoms with Crippen molar-refractivity contribution in [3.63, 3.8) is 0 Å². The van der Waals surface area contributed by atoms with E-state index in [1.165, 1.54) is 27.8 Å². The lowest BCUT2D eigenvalue weighted by Crippen LogP contribution is -2.46. The van der Waals surface area contributed by atoms with Crippen LogP contribution < -0.4 is 16.4 Å². The number of carbonyl (C=O) groups excluding carboxylic acids is 2. The molecule has 0 unspecified atom stereocenters. The van der Waals surface area contributed by atoms with Gasteiger partial charge in [-0.2, -0.15) is 0 Å². The Bertz CT molecular complexity index is 1210. The highest BCUT2D eigenvalue weighted by molar-refractivity contribution is 7.88. The summed E-state index contributed by atoms with van der Waals surface area (Å²) in [5, 5.41) is 17.3. The molecule has 2 aliphatic heterocycles. The first kappa shape index (κ1) is 28.1. The fourth-order valence-electron chi connectivity index (χ4n) is 4.86. The molecule has 1 saturated heterocycles. The van der Waals surface area contributed by atoms with E-state index in [9.17, 15) is 23.1 Å². The van der Waals surface area contributed by atoms with Crippen molar-refractivity contribution in [1.82, 2.24) is 14.9 Å². The Morgan fingerprint density at radius 2 is 1.83 bits per heavy atom. The zero-order valence-corrected chi connectivity index (χ0v) is 21.8. The highest BCUT2D eigenvalue weighted by Gasteiger charge is 2.28. The Morgan fingerprint density at radius 1 is 1.17 bits per heavy atom. The van der Waals surface area contributed by atoms with Crippen LogP contribution in [0.1, 0.15) is 50.2 Å². The van der Waals surface area contributed by atoms with Crippen LogP contribution in [-0.2, 0) is 29.4 Å². The minimum absolute atomic E-state index is 0. The fraction of sp³-hybridized carbons (Fsp3) is 0.440. The van der Waals surface area contributed by atoms with Gasteiger partial charge in [-0.05, 0) is 54.2 Å². The maximum absolute atomic E-state index is 12.9. The van der Waals surface area contributed by atoms with Crippen LogP contribution in [-0.4, -0.2) is 67.2 Å².